The number of alkyl halides is 3. The molecule has 1 atom stereocenters. The summed E-state index contributed by atoms with van der Waals surface area (Å²) in [5.41, 5.74) is 3.21. The molecule has 1 amide bonds. The molecule has 0 aromatic heterocycles. The molecule has 1 N–H and O–H groups in total. The zero-order chi connectivity index (χ0) is 31.2. The number of allylic oxidation sites excluding steroid dienone is 1. The highest BCUT2D eigenvalue weighted by molar-refractivity contribution is 6.30. The number of Topliss-reactive ketones (excluding diaryl/α,β-unsaturated/α-hetero) is 1. The van der Waals surface area contributed by atoms with E-state index in [-0.39, 0.29) is 23.7 Å². The first-order valence-electron chi connectivity index (χ1n) is 14.7. The van der Waals surface area contributed by atoms with Crippen molar-refractivity contribution in [1.82, 2.24) is 4.90 Å². The first-order valence-corrected chi connectivity index (χ1v) is 15.1. The second-order valence-electron chi connectivity index (χ2n) is 12.5. The first-order chi connectivity index (χ1) is 20.9. The molecule has 1 saturated heterocycles. The molecule has 3 aromatic carbocycles. The molecule has 2 heterocycles. The Hall–Kier alpha value is -3.98. The minimum Gasteiger partial charge on any atom is -0.368 e. The Morgan fingerprint density at radius 3 is 2.25 bits per heavy atom. The molecule has 230 valence electrons. The van der Waals surface area contributed by atoms with Crippen molar-refractivity contribution in [3.05, 3.63) is 100 Å². The Labute approximate surface area is 260 Å². The van der Waals surface area contributed by atoms with Gasteiger partial charge in [0.1, 0.15) is 0 Å². The molecule has 1 fully saturated rings. The summed E-state index contributed by atoms with van der Waals surface area (Å²) in [6, 6.07) is 19.4. The SMILES string of the molecule is CC1(C)CC(=O)C2=C(C1)Nc1ccccc1N(CC(=O)N1CCN(c3ccc(Cl)cc3)CC1)C2c1ccc(C(F)(F)F)cc1. The monoisotopic (exact) mass is 622 g/mol. The van der Waals surface area contributed by atoms with Crippen LogP contribution in [0.5, 0.6) is 0 Å². The molecular weight excluding hydrogens is 589 g/mol. The third kappa shape index (κ3) is 6.02. The zero-order valence-corrected chi connectivity index (χ0v) is 25.4. The molecule has 6 rings (SSSR count). The van der Waals surface area contributed by atoms with E-state index in [0.717, 1.165) is 29.2 Å². The summed E-state index contributed by atoms with van der Waals surface area (Å²) in [6.07, 6.45) is -3.60. The van der Waals surface area contributed by atoms with Crippen molar-refractivity contribution in [1.29, 1.82) is 0 Å². The van der Waals surface area contributed by atoms with Crippen molar-refractivity contribution in [3.63, 3.8) is 0 Å². The number of hydrogen-bond acceptors (Lipinski definition) is 5. The van der Waals surface area contributed by atoms with Gasteiger partial charge in [0.2, 0.25) is 5.91 Å². The van der Waals surface area contributed by atoms with E-state index in [4.69, 9.17) is 11.6 Å². The maximum absolute atomic E-state index is 14.0. The van der Waals surface area contributed by atoms with Crippen LogP contribution in [-0.4, -0.2) is 49.3 Å². The van der Waals surface area contributed by atoms with Crippen LogP contribution in [0.15, 0.2) is 84.1 Å². The van der Waals surface area contributed by atoms with Crippen molar-refractivity contribution < 1.29 is 22.8 Å². The maximum Gasteiger partial charge on any atom is 0.416 e. The molecule has 44 heavy (non-hydrogen) atoms. The summed E-state index contributed by atoms with van der Waals surface area (Å²) in [4.78, 5) is 33.7. The second kappa shape index (κ2) is 11.5. The number of benzene rings is 3. The van der Waals surface area contributed by atoms with Gasteiger partial charge in [0.05, 0.1) is 29.5 Å². The molecule has 0 spiro atoms. The summed E-state index contributed by atoms with van der Waals surface area (Å²) >= 11 is 6.05. The number of para-hydroxylation sites is 2. The van der Waals surface area contributed by atoms with Crippen molar-refractivity contribution in [2.75, 3.05) is 47.8 Å². The van der Waals surface area contributed by atoms with E-state index in [1.807, 2.05) is 72.2 Å². The smallest absolute Gasteiger partial charge is 0.368 e. The van der Waals surface area contributed by atoms with Crippen molar-refractivity contribution >= 4 is 40.4 Å². The topological polar surface area (TPSA) is 55.9 Å². The summed E-state index contributed by atoms with van der Waals surface area (Å²) in [7, 11) is 0. The Kier molecular flexibility index (Phi) is 7.86. The number of carbonyl (C=O) groups is 2. The third-order valence-corrected chi connectivity index (χ3v) is 8.94. The highest BCUT2D eigenvalue weighted by Gasteiger charge is 2.42. The van der Waals surface area contributed by atoms with Crippen LogP contribution < -0.4 is 15.1 Å². The number of piperazine rings is 1. The Balaban J connectivity index is 1.36. The largest absolute Gasteiger partial charge is 0.416 e. The molecule has 1 aliphatic carbocycles. The number of nitrogens with one attached hydrogen (secondary N) is 1. The van der Waals surface area contributed by atoms with E-state index in [2.05, 4.69) is 10.2 Å². The molecule has 10 heteroatoms. The standard InChI is InChI=1S/C34H34ClF3N4O2/c1-33(2)19-27-31(29(43)20-33)32(22-7-9-23(10-8-22)34(36,37)38)42(28-6-4-3-5-26(28)39-27)21-30(44)41-17-15-40(16-18-41)25-13-11-24(35)12-14-25/h3-14,32,39H,15-21H2,1-2H3. The van der Waals surface area contributed by atoms with E-state index >= 15 is 0 Å². The fourth-order valence-electron chi connectivity index (χ4n) is 6.54. The van der Waals surface area contributed by atoms with Gasteiger partial charge in [0.25, 0.3) is 0 Å². The van der Waals surface area contributed by atoms with Gasteiger partial charge in [-0.05, 0) is 65.9 Å². The quantitative estimate of drug-likeness (QED) is 0.330. The van der Waals surface area contributed by atoms with Crippen LogP contribution in [0.2, 0.25) is 5.02 Å². The highest BCUT2D eigenvalue weighted by atomic mass is 35.5. The zero-order valence-electron chi connectivity index (χ0n) is 24.6. The summed E-state index contributed by atoms with van der Waals surface area (Å²) in [5, 5.41) is 4.15. The Morgan fingerprint density at radius 1 is 0.932 bits per heavy atom. The summed E-state index contributed by atoms with van der Waals surface area (Å²) in [5.74, 6) is -0.185. The average molecular weight is 623 g/mol. The molecule has 0 saturated carbocycles. The van der Waals surface area contributed by atoms with Gasteiger partial charge in [-0.1, -0.05) is 49.7 Å². The van der Waals surface area contributed by atoms with Gasteiger partial charge >= 0.3 is 6.18 Å². The minimum absolute atomic E-state index is 0.0429. The lowest BCUT2D eigenvalue weighted by Gasteiger charge is -2.40. The summed E-state index contributed by atoms with van der Waals surface area (Å²) in [6.45, 7) is 6.35. The van der Waals surface area contributed by atoms with E-state index in [9.17, 15) is 22.8 Å². The fraction of sp³-hybridized carbons (Fsp3) is 0.353. The lowest BCUT2D eigenvalue weighted by molar-refractivity contribution is -0.137. The number of hydrogen-bond donors (Lipinski definition) is 1. The normalized spacial score (nSPS) is 20.1. The molecule has 0 bridgehead atoms. The van der Waals surface area contributed by atoms with Gasteiger partial charge in [-0.25, -0.2) is 0 Å². The average Bonchev–Trinajstić information content (AvgIpc) is 3.11. The van der Waals surface area contributed by atoms with E-state index in [1.165, 1.54) is 12.1 Å². The molecular formula is C34H34ClF3N4O2. The second-order valence-corrected chi connectivity index (χ2v) is 12.9. The van der Waals surface area contributed by atoms with Gasteiger partial charge in [-0.3, -0.25) is 9.59 Å². The number of halogens is 4. The molecule has 3 aliphatic rings. The van der Waals surface area contributed by atoms with E-state index in [1.54, 1.807) is 0 Å². The van der Waals surface area contributed by atoms with E-state index in [0.29, 0.717) is 60.9 Å². The van der Waals surface area contributed by atoms with Crippen molar-refractivity contribution in [3.8, 4) is 0 Å². The first kappa shape index (κ1) is 30.1. The maximum atomic E-state index is 14.0. The van der Waals surface area contributed by atoms with Crippen molar-refractivity contribution in [2.45, 2.75) is 38.9 Å². The van der Waals surface area contributed by atoms with Gasteiger partial charge in [-0.2, -0.15) is 13.2 Å². The van der Waals surface area contributed by atoms with Crippen molar-refractivity contribution in [2.24, 2.45) is 5.41 Å². The lowest BCUT2D eigenvalue weighted by atomic mass is 9.73. The fourth-order valence-corrected chi connectivity index (χ4v) is 6.67. The molecule has 1 unspecified atom stereocenters. The highest BCUT2D eigenvalue weighted by Crippen LogP contribution is 2.48. The van der Waals surface area contributed by atoms with Crippen LogP contribution in [0.25, 0.3) is 0 Å². The molecule has 6 nitrogen and oxygen atoms in total. The molecule has 3 aromatic rings. The van der Waals surface area contributed by atoms with Crippen LogP contribution in [0.3, 0.4) is 0 Å². The number of ketones is 1. The predicted molar refractivity (Wildman–Crippen MR) is 167 cm³/mol. The lowest BCUT2D eigenvalue weighted by Crippen LogP contribution is -2.52. The van der Waals surface area contributed by atoms with Gasteiger partial charge in [-0.15, -0.1) is 0 Å². The van der Waals surface area contributed by atoms with Crippen LogP contribution in [0.4, 0.5) is 30.2 Å². The number of fused-ring (bicyclic) bond motifs is 1. The third-order valence-electron chi connectivity index (χ3n) is 8.69. The van der Waals surface area contributed by atoms with Gasteiger partial charge in [0.15, 0.2) is 5.78 Å². The number of nitrogens with zero attached hydrogens (tertiary/aromatic N) is 3. The predicted octanol–water partition coefficient (Wildman–Crippen LogP) is 7.32. The number of amides is 1. The molecule has 0 radical (unpaired) electrons. The van der Waals surface area contributed by atoms with Crippen LogP contribution >= 0.6 is 11.6 Å². The number of carbonyl (C=O) groups excluding carboxylic acids is 2. The van der Waals surface area contributed by atoms with Gasteiger partial charge < -0.3 is 20.0 Å². The Morgan fingerprint density at radius 2 is 1.59 bits per heavy atom. The van der Waals surface area contributed by atoms with Crippen LogP contribution in [0, 0.1) is 5.41 Å². The van der Waals surface area contributed by atoms with E-state index < -0.39 is 17.8 Å². The van der Waals surface area contributed by atoms with Gasteiger partial charge in [0, 0.05) is 54.6 Å². The van der Waals surface area contributed by atoms with Crippen LogP contribution in [-0.2, 0) is 15.8 Å². The number of anilines is 3. The molecule has 2 aliphatic heterocycles. The minimum atomic E-state index is -4.49. The summed E-state index contributed by atoms with van der Waals surface area (Å²) < 4.78 is 40.5. The Bertz CT molecular complexity index is 1590. The number of rotatable bonds is 4. The van der Waals surface area contributed by atoms with Crippen LogP contribution in [0.1, 0.15) is 43.9 Å².